The van der Waals surface area contributed by atoms with E-state index in [1.807, 2.05) is 38.1 Å². The van der Waals surface area contributed by atoms with Gasteiger partial charge in [0.15, 0.2) is 0 Å². The van der Waals surface area contributed by atoms with Crippen LogP contribution in [0.2, 0.25) is 5.02 Å². The van der Waals surface area contributed by atoms with Crippen molar-refractivity contribution in [1.29, 1.82) is 0 Å². The van der Waals surface area contributed by atoms with Crippen LogP contribution >= 0.6 is 11.6 Å². The number of benzene rings is 3. The van der Waals surface area contributed by atoms with Crippen LogP contribution in [0.5, 0.6) is 0 Å². The molecule has 190 valence electrons. The third-order valence-corrected chi connectivity index (χ3v) is 6.16. The smallest absolute Gasteiger partial charge is 0.417 e. The summed E-state index contributed by atoms with van der Waals surface area (Å²) in [5.41, 5.74) is 1.83. The number of amides is 1. The summed E-state index contributed by atoms with van der Waals surface area (Å²) in [7, 11) is 1.13. The number of ether oxygens (including phenoxy) is 1. The minimum Gasteiger partial charge on any atom is -0.467 e. The van der Waals surface area contributed by atoms with Crippen LogP contribution in [0.25, 0.3) is 11.1 Å². The molecule has 0 fully saturated rings. The number of esters is 1. The van der Waals surface area contributed by atoms with Crippen molar-refractivity contribution < 1.29 is 27.5 Å². The highest BCUT2D eigenvalue weighted by atomic mass is 35.5. The lowest BCUT2D eigenvalue weighted by atomic mass is 9.97. The molecule has 36 heavy (non-hydrogen) atoms. The Hall–Kier alpha value is -3.52. The molecule has 3 aromatic carbocycles. The predicted octanol–water partition coefficient (Wildman–Crippen LogP) is 6.80. The van der Waals surface area contributed by atoms with Crippen LogP contribution in [-0.4, -0.2) is 25.0 Å². The fraction of sp³-hybridized carbons (Fsp3) is 0.259. The summed E-state index contributed by atoms with van der Waals surface area (Å²) in [5, 5.41) is 6.27. The van der Waals surface area contributed by atoms with Crippen LogP contribution in [0.15, 0.2) is 60.7 Å². The van der Waals surface area contributed by atoms with E-state index >= 15 is 0 Å². The van der Waals surface area contributed by atoms with Gasteiger partial charge in [0, 0.05) is 16.8 Å². The summed E-state index contributed by atoms with van der Waals surface area (Å²) >= 11 is 6.11. The zero-order valence-electron chi connectivity index (χ0n) is 20.2. The zero-order chi connectivity index (χ0) is 26.6. The van der Waals surface area contributed by atoms with E-state index in [2.05, 4.69) is 15.4 Å². The van der Waals surface area contributed by atoms with Crippen LogP contribution in [0.1, 0.15) is 46.9 Å². The molecule has 1 amide bonds. The third kappa shape index (κ3) is 6.37. The summed E-state index contributed by atoms with van der Waals surface area (Å²) in [6.45, 7) is 5.22. The molecule has 3 rings (SSSR count). The van der Waals surface area contributed by atoms with Gasteiger partial charge in [-0.25, -0.2) is 4.79 Å². The second-order valence-corrected chi connectivity index (χ2v) is 8.84. The van der Waals surface area contributed by atoms with Gasteiger partial charge in [-0.15, -0.1) is 0 Å². The maximum absolute atomic E-state index is 13.9. The molecule has 0 aliphatic rings. The Bertz CT molecular complexity index is 1280. The molecule has 0 saturated heterocycles. The summed E-state index contributed by atoms with van der Waals surface area (Å²) in [6, 6.07) is 15.0. The van der Waals surface area contributed by atoms with E-state index in [-0.39, 0.29) is 6.04 Å². The molecule has 0 bridgehead atoms. The number of anilines is 1. The number of alkyl halides is 3. The van der Waals surface area contributed by atoms with Crippen LogP contribution in [0, 0.1) is 6.92 Å². The maximum Gasteiger partial charge on any atom is 0.417 e. The molecule has 0 aliphatic heterocycles. The largest absolute Gasteiger partial charge is 0.467 e. The van der Waals surface area contributed by atoms with E-state index in [1.54, 1.807) is 18.2 Å². The van der Waals surface area contributed by atoms with Crippen molar-refractivity contribution in [1.82, 2.24) is 5.32 Å². The number of rotatable bonds is 7. The van der Waals surface area contributed by atoms with E-state index in [1.165, 1.54) is 13.0 Å². The first-order valence-electron chi connectivity index (χ1n) is 11.1. The molecule has 0 spiro atoms. The predicted molar refractivity (Wildman–Crippen MR) is 134 cm³/mol. The molecule has 2 N–H and O–H groups in total. The third-order valence-electron chi connectivity index (χ3n) is 5.73. The second-order valence-electron chi connectivity index (χ2n) is 8.43. The quantitative estimate of drug-likeness (QED) is 0.338. The van der Waals surface area contributed by atoms with Gasteiger partial charge in [0.05, 0.1) is 18.2 Å². The Kier molecular flexibility index (Phi) is 8.30. The highest BCUT2D eigenvalue weighted by Crippen LogP contribution is 2.36. The van der Waals surface area contributed by atoms with Crippen molar-refractivity contribution in [2.75, 3.05) is 12.4 Å². The molecule has 5 nitrogen and oxygen atoms in total. The number of aryl methyl sites for hydroxylation is 1. The molecule has 0 aromatic heterocycles. The van der Waals surface area contributed by atoms with Gasteiger partial charge < -0.3 is 15.4 Å². The molecule has 2 atom stereocenters. The standard InChI is InChI=1S/C27H26ClF3N2O3/c1-15-12-18(9-11-24(15)28)16(2)32-21-7-5-6-19(13-21)20-8-10-22(23(14-20)27(29,30)31)25(34)33-17(3)26(35)36-4/h5-14,16-17,32H,1-4H3,(H,33,34)/t16?,17-/m0/s1. The van der Waals surface area contributed by atoms with Crippen LogP contribution < -0.4 is 10.6 Å². The van der Waals surface area contributed by atoms with E-state index in [9.17, 15) is 22.8 Å². The van der Waals surface area contributed by atoms with Crippen molar-refractivity contribution in [2.24, 2.45) is 0 Å². The Balaban J connectivity index is 1.89. The monoisotopic (exact) mass is 518 g/mol. The first-order valence-corrected chi connectivity index (χ1v) is 11.5. The SMILES string of the molecule is COC(=O)[C@H](C)NC(=O)c1ccc(-c2cccc(NC(C)c3ccc(Cl)c(C)c3)c2)cc1C(F)(F)F. The van der Waals surface area contributed by atoms with E-state index in [0.29, 0.717) is 16.1 Å². The maximum atomic E-state index is 13.9. The fourth-order valence-corrected chi connectivity index (χ4v) is 3.84. The number of carbonyl (C=O) groups is 2. The Labute approximate surface area is 212 Å². The number of methoxy groups -OCH3 is 1. The second kappa shape index (κ2) is 11.0. The Morgan fingerprint density at radius 1 is 0.972 bits per heavy atom. The summed E-state index contributed by atoms with van der Waals surface area (Å²) in [5.74, 6) is -1.78. The average molecular weight is 519 g/mol. The van der Waals surface area contributed by atoms with Gasteiger partial charge in [-0.1, -0.05) is 41.9 Å². The number of hydrogen-bond acceptors (Lipinski definition) is 4. The van der Waals surface area contributed by atoms with E-state index < -0.39 is 35.2 Å². The molecule has 0 radical (unpaired) electrons. The molecule has 3 aromatic rings. The van der Waals surface area contributed by atoms with Gasteiger partial charge in [-0.05, 0) is 73.4 Å². The van der Waals surface area contributed by atoms with Gasteiger partial charge in [-0.2, -0.15) is 13.2 Å². The first kappa shape index (κ1) is 27.1. The fourth-order valence-electron chi connectivity index (χ4n) is 3.73. The lowest BCUT2D eigenvalue weighted by molar-refractivity contribution is -0.142. The number of halogens is 4. The van der Waals surface area contributed by atoms with Gasteiger partial charge in [-0.3, -0.25) is 4.79 Å². The van der Waals surface area contributed by atoms with Crippen LogP contribution in [0.3, 0.4) is 0 Å². The molecule has 0 saturated carbocycles. The lowest BCUT2D eigenvalue weighted by Crippen LogP contribution is -2.39. The van der Waals surface area contributed by atoms with Crippen LogP contribution in [-0.2, 0) is 15.7 Å². The highest BCUT2D eigenvalue weighted by Gasteiger charge is 2.36. The van der Waals surface area contributed by atoms with Crippen molar-refractivity contribution in [3.8, 4) is 11.1 Å². The number of hydrogen-bond donors (Lipinski definition) is 2. The Morgan fingerprint density at radius 2 is 1.67 bits per heavy atom. The van der Waals surface area contributed by atoms with Crippen molar-refractivity contribution in [3.05, 3.63) is 87.9 Å². The molecular weight excluding hydrogens is 493 g/mol. The van der Waals surface area contributed by atoms with E-state index in [0.717, 1.165) is 36.1 Å². The minimum absolute atomic E-state index is 0.0789. The van der Waals surface area contributed by atoms with E-state index in [4.69, 9.17) is 11.6 Å². The lowest BCUT2D eigenvalue weighted by Gasteiger charge is -2.18. The summed E-state index contributed by atoms with van der Waals surface area (Å²) < 4.78 is 46.1. The number of carbonyl (C=O) groups excluding carboxylic acids is 2. The minimum atomic E-state index is -4.78. The first-order chi connectivity index (χ1) is 16.9. The topological polar surface area (TPSA) is 67.4 Å². The van der Waals surface area contributed by atoms with Gasteiger partial charge >= 0.3 is 12.1 Å². The van der Waals surface area contributed by atoms with Gasteiger partial charge in [0.25, 0.3) is 5.91 Å². The van der Waals surface area contributed by atoms with Crippen molar-refractivity contribution >= 4 is 29.2 Å². The number of nitrogens with one attached hydrogen (secondary N) is 2. The summed E-state index contributed by atoms with van der Waals surface area (Å²) in [6.07, 6.45) is -4.78. The average Bonchev–Trinajstić information content (AvgIpc) is 2.84. The molecule has 1 unspecified atom stereocenters. The van der Waals surface area contributed by atoms with Crippen LogP contribution in [0.4, 0.5) is 18.9 Å². The molecule has 0 heterocycles. The summed E-state index contributed by atoms with van der Waals surface area (Å²) in [4.78, 5) is 24.1. The Morgan fingerprint density at radius 3 is 2.31 bits per heavy atom. The molecule has 0 aliphatic carbocycles. The van der Waals surface area contributed by atoms with Crippen molar-refractivity contribution in [2.45, 2.75) is 39.0 Å². The highest BCUT2D eigenvalue weighted by molar-refractivity contribution is 6.31. The van der Waals surface area contributed by atoms with Crippen molar-refractivity contribution in [3.63, 3.8) is 0 Å². The van der Waals surface area contributed by atoms with Gasteiger partial charge in [0.1, 0.15) is 6.04 Å². The molecular formula is C27H26ClF3N2O3. The zero-order valence-corrected chi connectivity index (χ0v) is 20.9. The van der Waals surface area contributed by atoms with Gasteiger partial charge in [0.2, 0.25) is 0 Å². The molecule has 9 heteroatoms. The normalized spacial score (nSPS) is 13.0.